The molecule has 0 unspecified atom stereocenters. The van der Waals surface area contributed by atoms with Gasteiger partial charge in [-0.1, -0.05) is 140 Å². The molecule has 40 heavy (non-hydrogen) atoms. The van der Waals surface area contributed by atoms with E-state index in [-0.39, 0.29) is 0 Å². The van der Waals surface area contributed by atoms with E-state index in [1.165, 1.54) is 0 Å². The Balaban J connectivity index is 1.46. The van der Waals surface area contributed by atoms with Crippen LogP contribution in [0.15, 0.2) is 154 Å². The van der Waals surface area contributed by atoms with Gasteiger partial charge in [-0.15, -0.1) is 0 Å². The van der Waals surface area contributed by atoms with Gasteiger partial charge in [-0.05, 0) is 17.2 Å². The molecule has 6 aromatic carbocycles. The minimum absolute atomic E-state index is 0.868. The van der Waals surface area contributed by atoms with Crippen molar-refractivity contribution in [2.24, 2.45) is 0 Å². The molecule has 0 fully saturated rings. The second-order valence-electron chi connectivity index (χ2n) is 10.0. The zero-order valence-corrected chi connectivity index (χ0v) is 21.7. The number of rotatable bonds is 4. The maximum absolute atomic E-state index is 6.80. The Morgan fingerprint density at radius 2 is 0.875 bits per heavy atom. The van der Waals surface area contributed by atoms with Gasteiger partial charge in [-0.3, -0.25) is 0 Å². The maximum atomic E-state index is 6.80. The van der Waals surface area contributed by atoms with Gasteiger partial charge in [0, 0.05) is 43.8 Å². The highest BCUT2D eigenvalue weighted by Gasteiger charge is 2.22. The molecule has 0 atom stereocenters. The SMILES string of the molecule is c1ccc(-c2c(-c3oc(-c4ccccc4)c4ccccc34)cccc2-c2cccc3c2oc2ccccc23)cc1. The van der Waals surface area contributed by atoms with E-state index in [1.54, 1.807) is 0 Å². The molecule has 0 radical (unpaired) electrons. The van der Waals surface area contributed by atoms with Crippen LogP contribution >= 0.6 is 0 Å². The number of fused-ring (bicyclic) bond motifs is 4. The highest BCUT2D eigenvalue weighted by atomic mass is 16.3. The number of para-hydroxylation sites is 2. The van der Waals surface area contributed by atoms with Crippen LogP contribution in [0.5, 0.6) is 0 Å². The number of hydrogen-bond donors (Lipinski definition) is 0. The average molecular weight is 513 g/mol. The van der Waals surface area contributed by atoms with E-state index in [1.807, 2.05) is 18.2 Å². The average Bonchev–Trinajstić information content (AvgIpc) is 3.61. The van der Waals surface area contributed by atoms with Crippen LogP contribution in [0.2, 0.25) is 0 Å². The molecule has 0 aliphatic carbocycles. The molecular formula is C38H24O2. The summed E-state index contributed by atoms with van der Waals surface area (Å²) in [6.07, 6.45) is 0. The van der Waals surface area contributed by atoms with E-state index in [0.717, 1.165) is 77.6 Å². The Bertz CT molecular complexity index is 2150. The fourth-order valence-corrected chi connectivity index (χ4v) is 5.94. The van der Waals surface area contributed by atoms with Crippen molar-refractivity contribution in [1.29, 1.82) is 0 Å². The van der Waals surface area contributed by atoms with Crippen molar-refractivity contribution in [2.75, 3.05) is 0 Å². The fourth-order valence-electron chi connectivity index (χ4n) is 5.94. The van der Waals surface area contributed by atoms with E-state index < -0.39 is 0 Å². The molecule has 8 rings (SSSR count). The van der Waals surface area contributed by atoms with Crippen molar-refractivity contribution in [2.45, 2.75) is 0 Å². The highest BCUT2D eigenvalue weighted by Crippen LogP contribution is 2.47. The lowest BCUT2D eigenvalue weighted by Gasteiger charge is -2.15. The van der Waals surface area contributed by atoms with Crippen molar-refractivity contribution < 1.29 is 8.83 Å². The zero-order chi connectivity index (χ0) is 26.5. The first kappa shape index (κ1) is 22.6. The van der Waals surface area contributed by atoms with Crippen molar-refractivity contribution in [3.05, 3.63) is 146 Å². The van der Waals surface area contributed by atoms with Crippen molar-refractivity contribution >= 4 is 32.7 Å². The lowest BCUT2D eigenvalue weighted by atomic mass is 9.88. The summed E-state index contributed by atoms with van der Waals surface area (Å²) in [5.74, 6) is 1.75. The minimum atomic E-state index is 0.868. The van der Waals surface area contributed by atoms with Crippen LogP contribution in [0.4, 0.5) is 0 Å². The van der Waals surface area contributed by atoms with Gasteiger partial charge in [0.2, 0.25) is 0 Å². The number of hydrogen-bond acceptors (Lipinski definition) is 2. The molecule has 0 spiro atoms. The molecule has 0 amide bonds. The van der Waals surface area contributed by atoms with Crippen molar-refractivity contribution in [3.8, 4) is 44.9 Å². The van der Waals surface area contributed by atoms with E-state index in [0.29, 0.717) is 0 Å². The Morgan fingerprint density at radius 3 is 1.65 bits per heavy atom. The van der Waals surface area contributed by atoms with Gasteiger partial charge in [0.15, 0.2) is 0 Å². The molecule has 0 aliphatic heterocycles. The summed E-state index contributed by atoms with van der Waals surface area (Å²) >= 11 is 0. The summed E-state index contributed by atoms with van der Waals surface area (Å²) in [7, 11) is 0. The highest BCUT2D eigenvalue weighted by molar-refractivity contribution is 6.12. The van der Waals surface area contributed by atoms with Gasteiger partial charge in [-0.2, -0.15) is 0 Å². The molecule has 0 aliphatic rings. The molecule has 2 heteroatoms. The summed E-state index contributed by atoms with van der Waals surface area (Å²) in [5, 5.41) is 4.44. The lowest BCUT2D eigenvalue weighted by molar-refractivity contribution is 0.602. The largest absolute Gasteiger partial charge is 0.455 e. The van der Waals surface area contributed by atoms with Gasteiger partial charge in [0.05, 0.1) is 0 Å². The second-order valence-corrected chi connectivity index (χ2v) is 10.0. The molecular weight excluding hydrogens is 488 g/mol. The van der Waals surface area contributed by atoms with Gasteiger partial charge >= 0.3 is 0 Å². The maximum Gasteiger partial charge on any atom is 0.143 e. The monoisotopic (exact) mass is 512 g/mol. The Kier molecular flexibility index (Phi) is 5.17. The fraction of sp³-hybridized carbons (Fsp3) is 0. The third-order valence-electron chi connectivity index (χ3n) is 7.72. The quantitative estimate of drug-likeness (QED) is 0.234. The van der Waals surface area contributed by atoms with Crippen LogP contribution in [0.25, 0.3) is 77.6 Å². The van der Waals surface area contributed by atoms with Crippen LogP contribution in [0, 0.1) is 0 Å². The molecule has 2 heterocycles. The Labute approximate surface area is 231 Å². The molecule has 0 N–H and O–H groups in total. The summed E-state index contributed by atoms with van der Waals surface area (Å²) in [5.41, 5.74) is 8.32. The molecule has 0 saturated heterocycles. The van der Waals surface area contributed by atoms with E-state index in [9.17, 15) is 0 Å². The van der Waals surface area contributed by atoms with Crippen LogP contribution < -0.4 is 0 Å². The molecule has 8 aromatic rings. The van der Waals surface area contributed by atoms with Crippen LogP contribution in [0.1, 0.15) is 0 Å². The smallest absolute Gasteiger partial charge is 0.143 e. The summed E-state index contributed by atoms with van der Waals surface area (Å²) in [4.78, 5) is 0. The zero-order valence-electron chi connectivity index (χ0n) is 21.7. The molecule has 2 aromatic heterocycles. The third-order valence-corrected chi connectivity index (χ3v) is 7.72. The Morgan fingerprint density at radius 1 is 0.325 bits per heavy atom. The van der Waals surface area contributed by atoms with Crippen molar-refractivity contribution in [1.82, 2.24) is 0 Å². The number of benzene rings is 6. The molecule has 0 saturated carbocycles. The lowest BCUT2D eigenvalue weighted by Crippen LogP contribution is -1.90. The van der Waals surface area contributed by atoms with Crippen LogP contribution in [-0.2, 0) is 0 Å². The standard InChI is InChI=1S/C38H24O2/c1-3-13-25(14-4-1)35-28(30-22-12-21-29-27-17-9-10-24-34(27)39-37(29)30)20-11-23-33(35)38-32-19-8-7-18-31(32)36(40-38)26-15-5-2-6-16-26/h1-24H. The van der Waals surface area contributed by atoms with Gasteiger partial charge in [0.25, 0.3) is 0 Å². The first-order chi connectivity index (χ1) is 19.9. The van der Waals surface area contributed by atoms with Crippen molar-refractivity contribution in [3.63, 3.8) is 0 Å². The Hall–Kier alpha value is -5.34. The predicted molar refractivity (Wildman–Crippen MR) is 165 cm³/mol. The van der Waals surface area contributed by atoms with Crippen LogP contribution in [0.3, 0.4) is 0 Å². The third kappa shape index (κ3) is 3.50. The van der Waals surface area contributed by atoms with E-state index >= 15 is 0 Å². The molecule has 2 nitrogen and oxygen atoms in total. The molecule has 0 bridgehead atoms. The van der Waals surface area contributed by atoms with Crippen LogP contribution in [-0.4, -0.2) is 0 Å². The predicted octanol–water partition coefficient (Wildman–Crippen LogP) is 11.0. The summed E-state index contributed by atoms with van der Waals surface area (Å²) < 4.78 is 13.3. The van der Waals surface area contributed by atoms with E-state index in [2.05, 4.69) is 127 Å². The first-order valence-corrected chi connectivity index (χ1v) is 13.5. The topological polar surface area (TPSA) is 26.3 Å². The normalized spacial score (nSPS) is 11.5. The second kappa shape index (κ2) is 9.14. The van der Waals surface area contributed by atoms with Gasteiger partial charge < -0.3 is 8.83 Å². The summed E-state index contributed by atoms with van der Waals surface area (Å²) in [6, 6.07) is 50.5. The molecule has 188 valence electrons. The van der Waals surface area contributed by atoms with E-state index in [4.69, 9.17) is 8.83 Å². The number of furan rings is 2. The first-order valence-electron chi connectivity index (χ1n) is 13.5. The van der Waals surface area contributed by atoms with Gasteiger partial charge in [-0.25, -0.2) is 0 Å². The summed E-state index contributed by atoms with van der Waals surface area (Å²) in [6.45, 7) is 0. The van der Waals surface area contributed by atoms with Gasteiger partial charge in [0.1, 0.15) is 22.7 Å². The minimum Gasteiger partial charge on any atom is -0.455 e.